The first kappa shape index (κ1) is 33.8. The zero-order chi connectivity index (χ0) is 26.0. The molecule has 0 rings (SSSR count). The van der Waals surface area contributed by atoms with Gasteiger partial charge in [0.1, 0.15) is 6.10 Å². The second kappa shape index (κ2) is 25.9. The van der Waals surface area contributed by atoms with Gasteiger partial charge in [0.05, 0.1) is 18.8 Å². The molecule has 0 saturated carbocycles. The molecule has 0 heterocycles. The van der Waals surface area contributed by atoms with E-state index in [1.54, 1.807) is 0 Å². The number of unbranched alkanes of at least 4 members (excludes halogenated alkanes) is 13. The van der Waals surface area contributed by atoms with Crippen molar-refractivity contribution in [1.29, 1.82) is 0 Å². The van der Waals surface area contributed by atoms with Crippen molar-refractivity contribution in [2.75, 3.05) is 6.61 Å². The molecule has 0 aromatic rings. The van der Waals surface area contributed by atoms with Crippen molar-refractivity contribution in [2.24, 2.45) is 0 Å². The van der Waals surface area contributed by atoms with Crippen molar-refractivity contribution in [2.45, 2.75) is 154 Å². The van der Waals surface area contributed by atoms with Crippen molar-refractivity contribution >= 4 is 5.91 Å². The molecule has 3 atom stereocenters. The molecule has 0 aliphatic rings. The highest BCUT2D eigenvalue weighted by molar-refractivity contribution is 5.76. The molecule has 0 fully saturated rings. The average molecular weight is 496 g/mol. The molecule has 3 unspecified atom stereocenters. The first-order valence-corrected chi connectivity index (χ1v) is 14.6. The summed E-state index contributed by atoms with van der Waals surface area (Å²) in [6.07, 6.45) is 26.9. The van der Waals surface area contributed by atoms with Crippen LogP contribution in [0.3, 0.4) is 0 Å². The highest BCUT2D eigenvalue weighted by atomic mass is 16.3. The molecule has 0 aliphatic heterocycles. The first-order valence-electron chi connectivity index (χ1n) is 14.6. The Morgan fingerprint density at radius 1 is 0.686 bits per heavy atom. The van der Waals surface area contributed by atoms with Crippen LogP contribution >= 0.6 is 0 Å². The minimum atomic E-state index is -1.16. The number of allylic oxidation sites excluding steroid dienone is 4. The van der Waals surface area contributed by atoms with E-state index >= 15 is 0 Å². The van der Waals surface area contributed by atoms with Crippen LogP contribution in [0.2, 0.25) is 0 Å². The molecule has 4 N–H and O–H groups in total. The Kier molecular flexibility index (Phi) is 25.0. The highest BCUT2D eigenvalue weighted by Crippen LogP contribution is 2.12. The summed E-state index contributed by atoms with van der Waals surface area (Å²) in [6.45, 7) is 4.05. The second-order valence-corrected chi connectivity index (χ2v) is 9.94. The van der Waals surface area contributed by atoms with Crippen molar-refractivity contribution in [3.8, 4) is 0 Å². The SMILES string of the molecule is CCCC/C=C\CCCCCCC(=O)NC(CO)C(O)C(O)CCC/C=C/CCCCCCCC. The smallest absolute Gasteiger partial charge is 0.220 e. The van der Waals surface area contributed by atoms with E-state index < -0.39 is 18.2 Å². The number of hydrogen-bond donors (Lipinski definition) is 4. The summed E-state index contributed by atoms with van der Waals surface area (Å²) in [4.78, 5) is 12.2. The molecule has 0 aromatic carbocycles. The molecule has 0 bridgehead atoms. The third kappa shape index (κ3) is 21.8. The van der Waals surface area contributed by atoms with Crippen LogP contribution in [0.25, 0.3) is 0 Å². The van der Waals surface area contributed by atoms with Crippen LogP contribution in [0.1, 0.15) is 136 Å². The van der Waals surface area contributed by atoms with Gasteiger partial charge in [0, 0.05) is 6.42 Å². The molecule has 5 nitrogen and oxygen atoms in total. The van der Waals surface area contributed by atoms with E-state index in [4.69, 9.17) is 0 Å². The lowest BCUT2D eigenvalue weighted by molar-refractivity contribution is -0.124. The molecule has 206 valence electrons. The molecule has 5 heteroatoms. The van der Waals surface area contributed by atoms with E-state index in [2.05, 4.69) is 43.5 Å². The van der Waals surface area contributed by atoms with Crippen molar-refractivity contribution < 1.29 is 20.1 Å². The molecule has 0 saturated heterocycles. The third-order valence-corrected chi connectivity index (χ3v) is 6.53. The van der Waals surface area contributed by atoms with Crippen LogP contribution in [-0.2, 0) is 4.79 Å². The average Bonchev–Trinajstić information content (AvgIpc) is 2.86. The normalized spacial score (nSPS) is 14.5. The highest BCUT2D eigenvalue weighted by Gasteiger charge is 2.26. The van der Waals surface area contributed by atoms with Crippen LogP contribution in [0, 0.1) is 0 Å². The van der Waals surface area contributed by atoms with Gasteiger partial charge in [-0.15, -0.1) is 0 Å². The van der Waals surface area contributed by atoms with Crippen molar-refractivity contribution in [1.82, 2.24) is 5.32 Å². The van der Waals surface area contributed by atoms with Gasteiger partial charge in [-0.3, -0.25) is 4.79 Å². The van der Waals surface area contributed by atoms with Crippen LogP contribution in [-0.4, -0.2) is 46.1 Å². The van der Waals surface area contributed by atoms with Crippen molar-refractivity contribution in [3.63, 3.8) is 0 Å². The Bertz CT molecular complexity index is 520. The van der Waals surface area contributed by atoms with Gasteiger partial charge < -0.3 is 20.6 Å². The number of aliphatic hydroxyl groups excluding tert-OH is 3. The Hall–Kier alpha value is -1.17. The Morgan fingerprint density at radius 2 is 1.17 bits per heavy atom. The van der Waals surface area contributed by atoms with Crippen molar-refractivity contribution in [3.05, 3.63) is 24.3 Å². The summed E-state index contributed by atoms with van der Waals surface area (Å²) in [6, 6.07) is -0.825. The number of aliphatic hydroxyl groups is 3. The summed E-state index contributed by atoms with van der Waals surface area (Å²) >= 11 is 0. The fraction of sp³-hybridized carbons (Fsp3) is 0.833. The van der Waals surface area contributed by atoms with E-state index in [0.717, 1.165) is 51.4 Å². The number of carbonyl (C=O) groups excluding carboxylic acids is 1. The van der Waals surface area contributed by atoms with E-state index in [1.807, 2.05) is 0 Å². The van der Waals surface area contributed by atoms with Gasteiger partial charge in [0.15, 0.2) is 0 Å². The van der Waals surface area contributed by atoms with E-state index in [1.165, 1.54) is 57.8 Å². The molecule has 0 spiro atoms. The number of amides is 1. The maximum Gasteiger partial charge on any atom is 0.220 e. The quantitative estimate of drug-likeness (QED) is 0.0833. The number of rotatable bonds is 25. The summed E-state index contributed by atoms with van der Waals surface area (Å²) in [5, 5.41) is 33.0. The fourth-order valence-corrected chi connectivity index (χ4v) is 4.14. The minimum Gasteiger partial charge on any atom is -0.394 e. The topological polar surface area (TPSA) is 89.8 Å². The second-order valence-electron chi connectivity index (χ2n) is 9.94. The Morgan fingerprint density at radius 3 is 1.74 bits per heavy atom. The first-order chi connectivity index (χ1) is 17.1. The van der Waals surface area contributed by atoms with Crippen LogP contribution in [0.15, 0.2) is 24.3 Å². The lowest BCUT2D eigenvalue weighted by Crippen LogP contribution is -2.50. The molecule has 0 aromatic heterocycles. The monoisotopic (exact) mass is 495 g/mol. The molecule has 35 heavy (non-hydrogen) atoms. The maximum atomic E-state index is 12.2. The van der Waals surface area contributed by atoms with Gasteiger partial charge in [0.2, 0.25) is 5.91 Å². The molecule has 0 aliphatic carbocycles. The summed E-state index contributed by atoms with van der Waals surface area (Å²) < 4.78 is 0. The van der Waals surface area contributed by atoms with E-state index in [-0.39, 0.29) is 12.5 Å². The Balaban J connectivity index is 3.87. The lowest BCUT2D eigenvalue weighted by atomic mass is 10.0. The Labute approximate surface area is 216 Å². The summed E-state index contributed by atoms with van der Waals surface area (Å²) in [5.41, 5.74) is 0. The van der Waals surface area contributed by atoms with Gasteiger partial charge in [-0.25, -0.2) is 0 Å². The van der Waals surface area contributed by atoms with Crippen LogP contribution in [0.5, 0.6) is 0 Å². The maximum absolute atomic E-state index is 12.2. The van der Waals surface area contributed by atoms with Gasteiger partial charge in [-0.05, 0) is 57.8 Å². The predicted octanol–water partition coefficient (Wildman–Crippen LogP) is 6.75. The van der Waals surface area contributed by atoms with Crippen LogP contribution < -0.4 is 5.32 Å². The van der Waals surface area contributed by atoms with Gasteiger partial charge in [-0.2, -0.15) is 0 Å². The zero-order valence-electron chi connectivity index (χ0n) is 22.9. The third-order valence-electron chi connectivity index (χ3n) is 6.53. The minimum absolute atomic E-state index is 0.174. The lowest BCUT2D eigenvalue weighted by Gasteiger charge is -2.26. The zero-order valence-corrected chi connectivity index (χ0v) is 22.9. The van der Waals surface area contributed by atoms with E-state index in [9.17, 15) is 20.1 Å². The standard InChI is InChI=1S/C30H57NO4/c1-3-5-7-9-11-13-15-16-18-20-22-24-28(33)30(35)27(26-32)31-29(34)25-23-21-19-17-14-12-10-8-6-4-2/h10,12,16,18,27-28,30,32-33,35H,3-9,11,13-15,17,19-26H2,1-2H3,(H,31,34)/b12-10-,18-16+. The summed E-state index contributed by atoms with van der Waals surface area (Å²) in [5.74, 6) is -0.174. The van der Waals surface area contributed by atoms with Gasteiger partial charge in [-0.1, -0.05) is 95.9 Å². The van der Waals surface area contributed by atoms with E-state index in [0.29, 0.717) is 12.8 Å². The fourth-order valence-electron chi connectivity index (χ4n) is 4.14. The number of carbonyl (C=O) groups is 1. The van der Waals surface area contributed by atoms with Crippen LogP contribution in [0.4, 0.5) is 0 Å². The van der Waals surface area contributed by atoms with Gasteiger partial charge in [0.25, 0.3) is 0 Å². The molecule has 0 radical (unpaired) electrons. The number of nitrogens with one attached hydrogen (secondary N) is 1. The number of hydrogen-bond acceptors (Lipinski definition) is 4. The molecular weight excluding hydrogens is 438 g/mol. The predicted molar refractivity (Wildman–Crippen MR) is 148 cm³/mol. The molecule has 1 amide bonds. The largest absolute Gasteiger partial charge is 0.394 e. The summed E-state index contributed by atoms with van der Waals surface area (Å²) in [7, 11) is 0. The molecular formula is C30H57NO4. The van der Waals surface area contributed by atoms with Gasteiger partial charge >= 0.3 is 0 Å².